The Morgan fingerprint density at radius 3 is 3.00 bits per heavy atom. The number of nitrogens with zero attached hydrogens (tertiary/aromatic N) is 2. The molecule has 0 unspecified atom stereocenters. The van der Waals surface area contributed by atoms with Gasteiger partial charge in [0, 0.05) is 12.6 Å². The molecular weight excluding hydrogens is 142 g/mol. The Kier molecular flexibility index (Phi) is 2.48. The van der Waals surface area contributed by atoms with Gasteiger partial charge in [0.2, 0.25) is 5.88 Å². The minimum Gasteiger partial charge on any atom is -0.481 e. The van der Waals surface area contributed by atoms with E-state index in [0.29, 0.717) is 13.1 Å². The summed E-state index contributed by atoms with van der Waals surface area (Å²) in [7, 11) is 1.63. The number of ether oxygens (including phenoxy) is 1. The maximum absolute atomic E-state index is 5.38. The summed E-state index contributed by atoms with van der Waals surface area (Å²) in [6.07, 6.45) is 0. The van der Waals surface area contributed by atoms with Gasteiger partial charge in [0.1, 0.15) is 0 Å². The normalized spacial score (nSPS) is 10.1. The summed E-state index contributed by atoms with van der Waals surface area (Å²) in [4.78, 5) is 0. The molecule has 0 atom stereocenters. The van der Waals surface area contributed by atoms with Crippen LogP contribution in [0.15, 0.2) is 6.07 Å². The summed E-state index contributed by atoms with van der Waals surface area (Å²) in [6.45, 7) is 3.21. The molecule has 0 fully saturated rings. The third-order valence-corrected chi connectivity index (χ3v) is 1.42. The number of methoxy groups -OCH3 is 1. The lowest BCUT2D eigenvalue weighted by Crippen LogP contribution is -2.12. The first-order valence-electron chi connectivity index (χ1n) is 3.56. The van der Waals surface area contributed by atoms with Gasteiger partial charge in [-0.25, -0.2) is 4.68 Å². The maximum Gasteiger partial charge on any atom is 0.211 e. The summed E-state index contributed by atoms with van der Waals surface area (Å²) in [5, 5.41) is 4.18. The van der Waals surface area contributed by atoms with Gasteiger partial charge in [0.15, 0.2) is 0 Å². The second-order valence-electron chi connectivity index (χ2n) is 2.34. The molecule has 0 aliphatic heterocycles. The molecule has 0 bridgehead atoms. The summed E-state index contributed by atoms with van der Waals surface area (Å²) in [6, 6.07) is 1.88. The van der Waals surface area contributed by atoms with E-state index in [-0.39, 0.29) is 0 Å². The van der Waals surface area contributed by atoms with Crippen molar-refractivity contribution in [2.24, 2.45) is 5.73 Å². The van der Waals surface area contributed by atoms with Gasteiger partial charge in [-0.2, -0.15) is 5.10 Å². The predicted octanol–water partition coefficient (Wildman–Crippen LogP) is 0.159. The number of nitrogens with two attached hydrogens (primary N) is 1. The molecule has 1 aromatic heterocycles. The van der Waals surface area contributed by atoms with Crippen molar-refractivity contribution < 1.29 is 4.74 Å². The van der Waals surface area contributed by atoms with Gasteiger partial charge in [-0.15, -0.1) is 0 Å². The molecule has 0 saturated carbocycles. The van der Waals surface area contributed by atoms with Crippen molar-refractivity contribution in [3.63, 3.8) is 0 Å². The van der Waals surface area contributed by atoms with Crippen LogP contribution in [0.3, 0.4) is 0 Å². The van der Waals surface area contributed by atoms with Crippen LogP contribution >= 0.6 is 0 Å². The Balaban J connectivity index is 2.83. The second-order valence-corrected chi connectivity index (χ2v) is 2.34. The maximum atomic E-state index is 5.38. The van der Waals surface area contributed by atoms with E-state index < -0.39 is 0 Å². The molecule has 62 valence electrons. The molecule has 4 nitrogen and oxygen atoms in total. The van der Waals surface area contributed by atoms with Crippen molar-refractivity contribution in [2.45, 2.75) is 13.5 Å². The third kappa shape index (κ3) is 1.71. The highest BCUT2D eigenvalue weighted by Gasteiger charge is 2.02. The first kappa shape index (κ1) is 8.07. The lowest BCUT2D eigenvalue weighted by Gasteiger charge is -2.02. The van der Waals surface area contributed by atoms with Crippen molar-refractivity contribution in [3.05, 3.63) is 11.8 Å². The van der Waals surface area contributed by atoms with E-state index in [2.05, 4.69) is 5.10 Å². The molecule has 1 aromatic rings. The van der Waals surface area contributed by atoms with Crippen LogP contribution in [0.25, 0.3) is 0 Å². The molecule has 11 heavy (non-hydrogen) atoms. The van der Waals surface area contributed by atoms with Crippen LogP contribution in [0.4, 0.5) is 0 Å². The van der Waals surface area contributed by atoms with Gasteiger partial charge < -0.3 is 10.5 Å². The van der Waals surface area contributed by atoms with E-state index in [9.17, 15) is 0 Å². The van der Waals surface area contributed by atoms with Gasteiger partial charge in [-0.3, -0.25) is 0 Å². The molecule has 0 saturated heterocycles. The van der Waals surface area contributed by atoms with Crippen molar-refractivity contribution >= 4 is 0 Å². The lowest BCUT2D eigenvalue weighted by atomic mass is 10.5. The van der Waals surface area contributed by atoms with Crippen LogP contribution in [0.5, 0.6) is 5.88 Å². The van der Waals surface area contributed by atoms with E-state index in [1.165, 1.54) is 0 Å². The molecule has 4 heteroatoms. The van der Waals surface area contributed by atoms with Crippen molar-refractivity contribution in [2.75, 3.05) is 13.7 Å². The van der Waals surface area contributed by atoms with Gasteiger partial charge >= 0.3 is 0 Å². The average molecular weight is 155 g/mol. The number of aryl methyl sites for hydroxylation is 1. The Morgan fingerprint density at radius 1 is 1.73 bits per heavy atom. The van der Waals surface area contributed by atoms with Crippen LogP contribution in [0.2, 0.25) is 0 Å². The lowest BCUT2D eigenvalue weighted by molar-refractivity contribution is 0.361. The van der Waals surface area contributed by atoms with E-state index >= 15 is 0 Å². The fourth-order valence-electron chi connectivity index (χ4n) is 0.969. The quantitative estimate of drug-likeness (QED) is 0.676. The van der Waals surface area contributed by atoms with E-state index in [4.69, 9.17) is 10.5 Å². The number of rotatable bonds is 3. The van der Waals surface area contributed by atoms with Crippen molar-refractivity contribution in [1.29, 1.82) is 0 Å². The van der Waals surface area contributed by atoms with Crippen LogP contribution in [-0.4, -0.2) is 23.4 Å². The zero-order valence-corrected chi connectivity index (χ0v) is 6.87. The van der Waals surface area contributed by atoms with Gasteiger partial charge in [0.05, 0.1) is 19.3 Å². The minimum absolute atomic E-state index is 0.581. The summed E-state index contributed by atoms with van der Waals surface area (Å²) < 4.78 is 6.82. The largest absolute Gasteiger partial charge is 0.481 e. The second kappa shape index (κ2) is 3.39. The smallest absolute Gasteiger partial charge is 0.211 e. The highest BCUT2D eigenvalue weighted by Crippen LogP contribution is 2.10. The molecule has 0 aliphatic rings. The molecule has 2 N–H and O–H groups in total. The van der Waals surface area contributed by atoms with Crippen LogP contribution in [0, 0.1) is 6.92 Å². The van der Waals surface area contributed by atoms with E-state index in [1.54, 1.807) is 11.8 Å². The van der Waals surface area contributed by atoms with Crippen molar-refractivity contribution in [3.8, 4) is 5.88 Å². The fraction of sp³-hybridized carbons (Fsp3) is 0.571. The molecule has 0 amide bonds. The molecule has 1 heterocycles. The Hall–Kier alpha value is -1.03. The fourth-order valence-corrected chi connectivity index (χ4v) is 0.969. The molecular formula is C7H13N3O. The molecule has 0 aromatic carbocycles. The zero-order valence-electron chi connectivity index (χ0n) is 6.87. The Morgan fingerprint density at radius 2 is 2.45 bits per heavy atom. The first-order valence-corrected chi connectivity index (χ1v) is 3.56. The zero-order chi connectivity index (χ0) is 8.27. The summed E-state index contributed by atoms with van der Waals surface area (Å²) in [5.74, 6) is 0.771. The number of hydrogen-bond acceptors (Lipinski definition) is 3. The van der Waals surface area contributed by atoms with Crippen LogP contribution in [-0.2, 0) is 6.54 Å². The van der Waals surface area contributed by atoms with E-state index in [1.807, 2.05) is 13.0 Å². The standard InChI is InChI=1S/C7H13N3O/c1-6-5-7(11-2)10(9-6)4-3-8/h5H,3-4,8H2,1-2H3. The Bertz CT molecular complexity index is 232. The Labute approximate surface area is 66.0 Å². The highest BCUT2D eigenvalue weighted by atomic mass is 16.5. The molecule has 1 rings (SSSR count). The average Bonchev–Trinajstić information content (AvgIpc) is 2.32. The molecule has 0 radical (unpaired) electrons. The first-order chi connectivity index (χ1) is 5.27. The van der Waals surface area contributed by atoms with E-state index in [0.717, 1.165) is 11.6 Å². The summed E-state index contributed by atoms with van der Waals surface area (Å²) >= 11 is 0. The number of aromatic nitrogens is 2. The SMILES string of the molecule is COc1cc(C)nn1CCN. The minimum atomic E-state index is 0.581. The highest BCUT2D eigenvalue weighted by molar-refractivity contribution is 5.14. The van der Waals surface area contributed by atoms with Gasteiger partial charge in [0.25, 0.3) is 0 Å². The van der Waals surface area contributed by atoms with Crippen LogP contribution < -0.4 is 10.5 Å². The van der Waals surface area contributed by atoms with Crippen LogP contribution in [0.1, 0.15) is 5.69 Å². The van der Waals surface area contributed by atoms with Gasteiger partial charge in [-0.05, 0) is 6.92 Å². The topological polar surface area (TPSA) is 53.1 Å². The molecule has 0 aliphatic carbocycles. The monoisotopic (exact) mass is 155 g/mol. The number of hydrogen-bond donors (Lipinski definition) is 1. The third-order valence-electron chi connectivity index (χ3n) is 1.42. The van der Waals surface area contributed by atoms with Gasteiger partial charge in [-0.1, -0.05) is 0 Å². The summed E-state index contributed by atoms with van der Waals surface area (Å²) in [5.41, 5.74) is 6.33. The van der Waals surface area contributed by atoms with Crippen molar-refractivity contribution in [1.82, 2.24) is 9.78 Å². The molecule has 0 spiro atoms. The predicted molar refractivity (Wildman–Crippen MR) is 42.6 cm³/mol.